The zero-order valence-electron chi connectivity index (χ0n) is 22.8. The van der Waals surface area contributed by atoms with Crippen LogP contribution in [0, 0.1) is 23.7 Å². The first kappa shape index (κ1) is 27.9. The summed E-state index contributed by atoms with van der Waals surface area (Å²) < 4.78 is 0. The number of amides is 1. The van der Waals surface area contributed by atoms with Crippen molar-refractivity contribution in [3.63, 3.8) is 0 Å². The molecule has 2 aliphatic heterocycles. The highest BCUT2D eigenvalue weighted by Gasteiger charge is 2.36. The van der Waals surface area contributed by atoms with Gasteiger partial charge < -0.3 is 26.0 Å². The largest absolute Gasteiger partial charge is 0.403 e. The van der Waals surface area contributed by atoms with Crippen molar-refractivity contribution in [3.05, 3.63) is 36.2 Å². The third kappa shape index (κ3) is 7.93. The first-order chi connectivity index (χ1) is 18.1. The SMILES string of the molecule is CN=CC(=CN)NC1CCCC2CCCN(CC(O)CN3CCC4C=CC=CCC4CC3)C(=O)C2CC1. The van der Waals surface area contributed by atoms with Crippen molar-refractivity contribution < 1.29 is 9.90 Å². The van der Waals surface area contributed by atoms with Gasteiger partial charge in [0, 0.05) is 51.1 Å². The Kier molecular flexibility index (Phi) is 10.7. The maximum absolute atomic E-state index is 13.7. The summed E-state index contributed by atoms with van der Waals surface area (Å²) in [7, 11) is 1.75. The Morgan fingerprint density at radius 1 is 1.08 bits per heavy atom. The molecule has 37 heavy (non-hydrogen) atoms. The number of likely N-dealkylation sites (tertiary alicyclic amines) is 2. The maximum Gasteiger partial charge on any atom is 0.226 e. The minimum absolute atomic E-state index is 0.0644. The molecule has 1 amide bonds. The quantitative estimate of drug-likeness (QED) is 0.455. The van der Waals surface area contributed by atoms with E-state index in [4.69, 9.17) is 5.73 Å². The summed E-state index contributed by atoms with van der Waals surface area (Å²) in [5.41, 5.74) is 6.61. The zero-order valence-corrected chi connectivity index (χ0v) is 22.8. The number of carbonyl (C=O) groups is 1. The number of rotatable bonds is 7. The number of β-amino-alcohol motifs (C(OH)–C–C–N with tert-alkyl or cyclic N) is 1. The van der Waals surface area contributed by atoms with Gasteiger partial charge in [-0.25, -0.2) is 0 Å². The molecule has 2 saturated heterocycles. The Hall–Kier alpha value is -2.12. The molecule has 0 radical (unpaired) electrons. The molecule has 2 heterocycles. The maximum atomic E-state index is 13.7. The standard InChI is InChI=1S/C30H49N5O2/c1-32-20-27(19-31)33-26-11-5-9-25-10-6-16-35(30(37)29(25)13-12-26)22-28(36)21-34-17-14-23-7-3-2-4-8-24(23)15-18-34/h2-4,7,19-20,23-26,28-29,33,36H,5-6,8-18,21-22,31H2,1H3. The first-order valence-electron chi connectivity index (χ1n) is 14.7. The lowest BCUT2D eigenvalue weighted by Gasteiger charge is -2.33. The van der Waals surface area contributed by atoms with E-state index in [-0.39, 0.29) is 11.8 Å². The fraction of sp³-hybridized carbons (Fsp3) is 0.733. The van der Waals surface area contributed by atoms with Crippen LogP contribution < -0.4 is 11.1 Å². The molecule has 2 aliphatic carbocycles. The summed E-state index contributed by atoms with van der Waals surface area (Å²) >= 11 is 0. The van der Waals surface area contributed by atoms with E-state index in [1.54, 1.807) is 19.5 Å². The van der Waals surface area contributed by atoms with E-state index in [1.807, 2.05) is 4.90 Å². The van der Waals surface area contributed by atoms with Crippen LogP contribution >= 0.6 is 0 Å². The van der Waals surface area contributed by atoms with Crippen LogP contribution in [0.3, 0.4) is 0 Å². The van der Waals surface area contributed by atoms with Crippen molar-refractivity contribution >= 4 is 12.1 Å². The smallest absolute Gasteiger partial charge is 0.226 e. The molecule has 0 bridgehead atoms. The van der Waals surface area contributed by atoms with Crippen molar-refractivity contribution in [1.82, 2.24) is 15.1 Å². The van der Waals surface area contributed by atoms with Crippen LogP contribution in [0.4, 0.5) is 0 Å². The van der Waals surface area contributed by atoms with Gasteiger partial charge in [-0.15, -0.1) is 0 Å². The van der Waals surface area contributed by atoms with Gasteiger partial charge >= 0.3 is 0 Å². The van der Waals surface area contributed by atoms with Gasteiger partial charge in [-0.1, -0.05) is 30.7 Å². The van der Waals surface area contributed by atoms with Gasteiger partial charge in [0.15, 0.2) is 0 Å². The van der Waals surface area contributed by atoms with E-state index < -0.39 is 6.10 Å². The molecule has 1 saturated carbocycles. The molecule has 6 atom stereocenters. The lowest BCUT2D eigenvalue weighted by Crippen LogP contribution is -2.45. The lowest BCUT2D eigenvalue weighted by atomic mass is 9.78. The Morgan fingerprint density at radius 2 is 1.92 bits per heavy atom. The third-order valence-electron chi connectivity index (χ3n) is 9.12. The number of nitrogens with zero attached hydrogens (tertiary/aromatic N) is 3. The minimum Gasteiger partial charge on any atom is -0.403 e. The number of aliphatic imine (C=N–C) groups is 1. The second-order valence-electron chi connectivity index (χ2n) is 11.7. The number of aliphatic hydroxyl groups is 1. The fourth-order valence-corrected chi connectivity index (χ4v) is 7.10. The highest BCUT2D eigenvalue weighted by atomic mass is 16.3. The number of aliphatic hydroxyl groups excluding tert-OH is 1. The van der Waals surface area contributed by atoms with Crippen LogP contribution in [0.5, 0.6) is 0 Å². The summed E-state index contributed by atoms with van der Waals surface area (Å²) in [6.45, 7) is 3.96. The van der Waals surface area contributed by atoms with E-state index in [1.165, 1.54) is 6.42 Å². The van der Waals surface area contributed by atoms with E-state index in [2.05, 4.69) is 39.5 Å². The Morgan fingerprint density at radius 3 is 2.76 bits per heavy atom. The van der Waals surface area contributed by atoms with Crippen LogP contribution in [0.15, 0.2) is 41.2 Å². The Balaban J connectivity index is 1.30. The molecular formula is C30H49N5O2. The van der Waals surface area contributed by atoms with Gasteiger partial charge in [0.25, 0.3) is 0 Å². The van der Waals surface area contributed by atoms with Gasteiger partial charge in [-0.3, -0.25) is 9.79 Å². The van der Waals surface area contributed by atoms with Gasteiger partial charge in [0.2, 0.25) is 5.91 Å². The molecule has 6 unspecified atom stereocenters. The molecule has 206 valence electrons. The molecule has 7 nitrogen and oxygen atoms in total. The lowest BCUT2D eigenvalue weighted by molar-refractivity contribution is -0.138. The molecule has 4 rings (SSSR count). The number of hydrogen-bond acceptors (Lipinski definition) is 6. The van der Waals surface area contributed by atoms with E-state index >= 15 is 0 Å². The molecule has 0 aromatic carbocycles. The predicted octanol–water partition coefficient (Wildman–Crippen LogP) is 3.47. The summed E-state index contributed by atoms with van der Waals surface area (Å²) in [5.74, 6) is 2.16. The van der Waals surface area contributed by atoms with Gasteiger partial charge in [0.1, 0.15) is 0 Å². The number of allylic oxidation sites excluding steroid dienone is 5. The minimum atomic E-state index is -0.493. The number of nitrogens with one attached hydrogen (secondary N) is 1. The zero-order chi connectivity index (χ0) is 26.0. The van der Waals surface area contributed by atoms with Crippen molar-refractivity contribution in [1.29, 1.82) is 0 Å². The molecule has 3 fully saturated rings. The Bertz CT molecular complexity index is 853. The van der Waals surface area contributed by atoms with Crippen molar-refractivity contribution in [3.8, 4) is 0 Å². The summed E-state index contributed by atoms with van der Waals surface area (Å²) in [6, 6.07) is 0.310. The molecular weight excluding hydrogens is 462 g/mol. The van der Waals surface area contributed by atoms with Gasteiger partial charge in [0.05, 0.1) is 11.8 Å². The summed E-state index contributed by atoms with van der Waals surface area (Å²) in [6.07, 6.45) is 22.7. The monoisotopic (exact) mass is 511 g/mol. The number of fused-ring (bicyclic) bond motifs is 2. The number of carbonyl (C=O) groups excluding carboxylic acids is 1. The molecule has 4 aliphatic rings. The number of nitrogens with two attached hydrogens (primary N) is 1. The van der Waals surface area contributed by atoms with Crippen molar-refractivity contribution in [2.45, 2.75) is 76.4 Å². The van der Waals surface area contributed by atoms with E-state index in [9.17, 15) is 9.90 Å². The first-order valence-corrected chi connectivity index (χ1v) is 14.7. The average molecular weight is 512 g/mol. The van der Waals surface area contributed by atoms with Crippen LogP contribution in [-0.4, -0.2) is 78.9 Å². The molecule has 0 spiro atoms. The number of hydrogen-bond donors (Lipinski definition) is 3. The topological polar surface area (TPSA) is 94.2 Å². The average Bonchev–Trinajstić information content (AvgIpc) is 3.27. The van der Waals surface area contributed by atoms with Crippen LogP contribution in [0.25, 0.3) is 0 Å². The molecule has 0 aromatic rings. The highest BCUT2D eigenvalue weighted by molar-refractivity contribution is 5.79. The van der Waals surface area contributed by atoms with Gasteiger partial charge in [-0.2, -0.15) is 0 Å². The molecule has 7 heteroatoms. The summed E-state index contributed by atoms with van der Waals surface area (Å²) in [5, 5.41) is 14.6. The second-order valence-corrected chi connectivity index (χ2v) is 11.7. The Labute approximate surface area is 223 Å². The molecule has 0 aromatic heterocycles. The second kappa shape index (κ2) is 14.1. The predicted molar refractivity (Wildman–Crippen MR) is 151 cm³/mol. The fourth-order valence-electron chi connectivity index (χ4n) is 7.10. The van der Waals surface area contributed by atoms with Gasteiger partial charge in [-0.05, 0) is 88.6 Å². The van der Waals surface area contributed by atoms with Crippen molar-refractivity contribution in [2.75, 3.05) is 39.8 Å². The van der Waals surface area contributed by atoms with Crippen molar-refractivity contribution in [2.24, 2.45) is 34.4 Å². The van der Waals surface area contributed by atoms with E-state index in [0.29, 0.717) is 36.9 Å². The molecule has 4 N–H and O–H groups in total. The third-order valence-corrected chi connectivity index (χ3v) is 9.12. The van der Waals surface area contributed by atoms with E-state index in [0.717, 1.165) is 83.1 Å². The van der Waals surface area contributed by atoms with Crippen LogP contribution in [0.2, 0.25) is 0 Å². The summed E-state index contributed by atoms with van der Waals surface area (Å²) in [4.78, 5) is 22.2. The highest BCUT2D eigenvalue weighted by Crippen LogP contribution is 2.35. The normalized spacial score (nSPS) is 33.0. The van der Waals surface area contributed by atoms with Crippen LogP contribution in [-0.2, 0) is 4.79 Å². The van der Waals surface area contributed by atoms with Crippen LogP contribution in [0.1, 0.15) is 64.2 Å².